The fourth-order valence-electron chi connectivity index (χ4n) is 2.48. The van der Waals surface area contributed by atoms with E-state index >= 15 is 0 Å². The molecular formula is C13H17N5O. The second-order valence-corrected chi connectivity index (χ2v) is 4.83. The van der Waals surface area contributed by atoms with Gasteiger partial charge in [0.1, 0.15) is 5.82 Å². The lowest BCUT2D eigenvalue weighted by molar-refractivity contribution is 0.165. The monoisotopic (exact) mass is 259 g/mol. The van der Waals surface area contributed by atoms with Crippen molar-refractivity contribution in [2.75, 3.05) is 11.9 Å². The van der Waals surface area contributed by atoms with E-state index in [2.05, 4.69) is 15.5 Å². The highest BCUT2D eigenvalue weighted by molar-refractivity contribution is 5.93. The van der Waals surface area contributed by atoms with Crippen LogP contribution >= 0.6 is 0 Å². The van der Waals surface area contributed by atoms with Gasteiger partial charge >= 0.3 is 6.03 Å². The van der Waals surface area contributed by atoms with Gasteiger partial charge in [0.05, 0.1) is 12.4 Å². The molecule has 6 heteroatoms. The third-order valence-electron chi connectivity index (χ3n) is 3.54. The Morgan fingerprint density at radius 2 is 2.37 bits per heavy atom. The second kappa shape index (κ2) is 4.89. The lowest BCUT2D eigenvalue weighted by atomic mass is 10.1. The third-order valence-corrected chi connectivity index (χ3v) is 3.54. The number of aromatic amines is 1. The Morgan fingerprint density at radius 3 is 3.21 bits per heavy atom. The van der Waals surface area contributed by atoms with Crippen molar-refractivity contribution in [2.45, 2.75) is 25.4 Å². The molecule has 3 aliphatic rings. The van der Waals surface area contributed by atoms with Gasteiger partial charge in [-0.15, -0.1) is 0 Å². The summed E-state index contributed by atoms with van der Waals surface area (Å²) in [5.74, 6) is 0.616. The fourth-order valence-corrected chi connectivity index (χ4v) is 2.48. The molecule has 1 aliphatic carbocycles. The molecule has 2 heterocycles. The largest absolute Gasteiger partial charge is 0.324 e. The van der Waals surface area contributed by atoms with Gasteiger partial charge in [-0.2, -0.15) is 5.10 Å². The molecule has 6 nitrogen and oxygen atoms in total. The number of piperidine rings is 1. The van der Waals surface area contributed by atoms with Gasteiger partial charge < -0.3 is 10.6 Å². The molecule has 0 aromatic carbocycles. The number of nitrogens with two attached hydrogens (primary N) is 1. The first-order valence-electron chi connectivity index (χ1n) is 6.51. The molecule has 19 heavy (non-hydrogen) atoms. The van der Waals surface area contributed by atoms with Crippen LogP contribution in [0.1, 0.15) is 19.3 Å². The predicted molar refractivity (Wildman–Crippen MR) is 72.8 cm³/mol. The van der Waals surface area contributed by atoms with E-state index in [1.807, 2.05) is 18.2 Å². The summed E-state index contributed by atoms with van der Waals surface area (Å²) in [6, 6.07) is 5.67. The number of hydrogen-bond acceptors (Lipinski definition) is 3. The Labute approximate surface area is 111 Å². The molecule has 1 unspecified atom stereocenters. The van der Waals surface area contributed by atoms with Crippen LogP contribution in [-0.4, -0.2) is 33.8 Å². The van der Waals surface area contributed by atoms with Crippen molar-refractivity contribution in [2.24, 2.45) is 5.73 Å². The van der Waals surface area contributed by atoms with Crippen molar-refractivity contribution >= 4 is 11.8 Å². The Bertz CT molecular complexity index is 552. The molecule has 0 aromatic heterocycles. The standard InChI is InChI=1S/C13H17N5O/c14-11-6-1-2-7-18(11)13(19)16-12-10-5-3-4-9(10)8-15-17-12/h3-5,8,11,17H,1-2,6-7,14H2,(H,16,19). The lowest BCUT2D eigenvalue weighted by Gasteiger charge is -2.33. The van der Waals surface area contributed by atoms with Gasteiger partial charge in [-0.1, -0.05) is 18.2 Å². The van der Waals surface area contributed by atoms with Crippen molar-refractivity contribution in [3.05, 3.63) is 24.4 Å². The molecular weight excluding hydrogens is 242 g/mol. The number of hydrogen-bond donors (Lipinski definition) is 3. The lowest BCUT2D eigenvalue weighted by Crippen LogP contribution is -2.50. The number of aromatic nitrogens is 2. The highest BCUT2D eigenvalue weighted by atomic mass is 16.2. The van der Waals surface area contributed by atoms with Gasteiger partial charge in [0.15, 0.2) is 0 Å². The first-order chi connectivity index (χ1) is 9.25. The number of likely N-dealkylation sites (tertiary alicyclic amines) is 1. The molecule has 0 saturated carbocycles. The average molecular weight is 259 g/mol. The Morgan fingerprint density at radius 1 is 1.47 bits per heavy atom. The number of rotatable bonds is 1. The van der Waals surface area contributed by atoms with Crippen molar-refractivity contribution in [3.63, 3.8) is 0 Å². The SMILES string of the molecule is NC1CCCCN1C(=O)Nc1[nH]ncc2cccc1-2. The summed E-state index contributed by atoms with van der Waals surface area (Å²) in [4.78, 5) is 13.9. The molecule has 2 aliphatic heterocycles. The Balaban J connectivity index is 1.77. The van der Waals surface area contributed by atoms with E-state index in [0.717, 1.165) is 30.4 Å². The number of fused-ring (bicyclic) bond motifs is 1. The maximum absolute atomic E-state index is 12.2. The minimum atomic E-state index is -0.194. The summed E-state index contributed by atoms with van der Waals surface area (Å²) in [6.07, 6.45) is 4.48. The van der Waals surface area contributed by atoms with Gasteiger partial charge in [0, 0.05) is 17.7 Å². The Hall–Kier alpha value is -2.08. The fraction of sp³-hybridized carbons (Fsp3) is 0.385. The minimum Gasteiger partial charge on any atom is -0.311 e. The smallest absolute Gasteiger partial charge is 0.311 e. The van der Waals surface area contributed by atoms with E-state index in [0.29, 0.717) is 12.4 Å². The molecule has 1 saturated heterocycles. The van der Waals surface area contributed by atoms with Crippen LogP contribution in [0.5, 0.6) is 0 Å². The molecule has 0 aromatic rings. The van der Waals surface area contributed by atoms with Crippen molar-refractivity contribution in [1.82, 2.24) is 15.1 Å². The second-order valence-electron chi connectivity index (χ2n) is 4.83. The van der Waals surface area contributed by atoms with E-state index in [-0.39, 0.29) is 12.2 Å². The van der Waals surface area contributed by atoms with Crippen LogP contribution in [0.4, 0.5) is 10.6 Å². The van der Waals surface area contributed by atoms with Crippen molar-refractivity contribution in [1.29, 1.82) is 0 Å². The number of urea groups is 1. The normalized spacial score (nSPS) is 19.6. The quantitative estimate of drug-likeness (QED) is 0.730. The summed E-state index contributed by atoms with van der Waals surface area (Å²) < 4.78 is 0. The number of carbonyl (C=O) groups is 1. The summed E-state index contributed by atoms with van der Waals surface area (Å²) in [5.41, 5.74) is 7.92. The van der Waals surface area contributed by atoms with Crippen molar-refractivity contribution in [3.8, 4) is 11.1 Å². The van der Waals surface area contributed by atoms with Gasteiger partial charge in [-0.05, 0) is 19.3 Å². The van der Waals surface area contributed by atoms with Gasteiger partial charge in [0.25, 0.3) is 0 Å². The van der Waals surface area contributed by atoms with E-state index in [9.17, 15) is 4.79 Å². The van der Waals surface area contributed by atoms with Crippen LogP contribution in [0.25, 0.3) is 11.1 Å². The molecule has 2 amide bonds. The minimum absolute atomic E-state index is 0.168. The van der Waals surface area contributed by atoms with Crippen LogP contribution in [0.2, 0.25) is 0 Å². The number of amides is 2. The van der Waals surface area contributed by atoms with Crippen LogP contribution < -0.4 is 11.1 Å². The summed E-state index contributed by atoms with van der Waals surface area (Å²) in [6.45, 7) is 0.706. The van der Waals surface area contributed by atoms with Crippen LogP contribution in [0, 0.1) is 0 Å². The first-order valence-corrected chi connectivity index (χ1v) is 6.51. The van der Waals surface area contributed by atoms with Crippen LogP contribution in [0.15, 0.2) is 24.4 Å². The molecule has 0 bridgehead atoms. The molecule has 100 valence electrons. The topological polar surface area (TPSA) is 87.0 Å². The zero-order valence-corrected chi connectivity index (χ0v) is 10.6. The molecule has 0 spiro atoms. The number of H-pyrrole nitrogens is 1. The van der Waals surface area contributed by atoms with Crippen LogP contribution in [0.3, 0.4) is 0 Å². The van der Waals surface area contributed by atoms with E-state index < -0.39 is 0 Å². The van der Waals surface area contributed by atoms with Crippen molar-refractivity contribution < 1.29 is 4.79 Å². The Kier molecular flexibility index (Phi) is 3.08. The zero-order chi connectivity index (χ0) is 13.2. The van der Waals surface area contributed by atoms with E-state index in [1.54, 1.807) is 11.1 Å². The summed E-state index contributed by atoms with van der Waals surface area (Å²) in [5, 5.41) is 9.71. The third kappa shape index (κ3) is 2.26. The van der Waals surface area contributed by atoms with E-state index in [1.165, 1.54) is 0 Å². The zero-order valence-electron chi connectivity index (χ0n) is 10.6. The number of nitrogens with one attached hydrogen (secondary N) is 2. The molecule has 1 fully saturated rings. The van der Waals surface area contributed by atoms with Crippen LogP contribution in [-0.2, 0) is 0 Å². The van der Waals surface area contributed by atoms with E-state index in [4.69, 9.17) is 5.73 Å². The van der Waals surface area contributed by atoms with Gasteiger partial charge in [-0.3, -0.25) is 10.4 Å². The molecule has 0 radical (unpaired) electrons. The highest BCUT2D eigenvalue weighted by Gasteiger charge is 2.24. The first kappa shape index (κ1) is 12.0. The summed E-state index contributed by atoms with van der Waals surface area (Å²) >= 11 is 0. The maximum Gasteiger partial charge on any atom is 0.324 e. The predicted octanol–water partition coefficient (Wildman–Crippen LogP) is 1.82. The number of carbonyl (C=O) groups excluding carboxylic acids is 1. The van der Waals surface area contributed by atoms with Gasteiger partial charge in [-0.25, -0.2) is 4.79 Å². The summed E-state index contributed by atoms with van der Waals surface area (Å²) in [7, 11) is 0. The number of nitrogens with zero attached hydrogens (tertiary/aromatic N) is 2. The molecule has 3 rings (SSSR count). The molecule has 1 atom stereocenters. The molecule has 4 N–H and O–H groups in total. The highest BCUT2D eigenvalue weighted by Crippen LogP contribution is 2.28. The average Bonchev–Trinajstić information content (AvgIpc) is 2.88. The number of anilines is 1. The maximum atomic E-state index is 12.2. The van der Waals surface area contributed by atoms with Gasteiger partial charge in [0.2, 0.25) is 0 Å².